The van der Waals surface area contributed by atoms with Gasteiger partial charge in [-0.2, -0.15) is 10.2 Å². The van der Waals surface area contributed by atoms with Gasteiger partial charge in [0.2, 0.25) is 0 Å². The Kier molecular flexibility index (Phi) is 4.17. The van der Waals surface area contributed by atoms with Gasteiger partial charge in [-0.3, -0.25) is 5.43 Å². The molecule has 108 valence electrons. The normalized spacial score (nSPS) is 26.1. The highest BCUT2D eigenvalue weighted by Crippen LogP contribution is 2.18. The van der Waals surface area contributed by atoms with E-state index in [-0.39, 0.29) is 6.03 Å². The molecule has 7 nitrogen and oxygen atoms in total. The van der Waals surface area contributed by atoms with Crippen LogP contribution in [-0.2, 0) is 0 Å². The summed E-state index contributed by atoms with van der Waals surface area (Å²) in [6.45, 7) is 5.75. The van der Waals surface area contributed by atoms with Crippen LogP contribution in [0.2, 0.25) is 0 Å². The maximum Gasteiger partial charge on any atom is 0.362 e. The van der Waals surface area contributed by atoms with E-state index in [1.54, 1.807) is 0 Å². The van der Waals surface area contributed by atoms with Crippen molar-refractivity contribution in [1.82, 2.24) is 31.1 Å². The zero-order chi connectivity index (χ0) is 13.1. The van der Waals surface area contributed by atoms with Gasteiger partial charge in [-0.05, 0) is 32.1 Å². The predicted octanol–water partition coefficient (Wildman–Crippen LogP) is 0.145. The summed E-state index contributed by atoms with van der Waals surface area (Å²) in [5, 5.41) is 8.01. The molecule has 0 unspecified atom stereocenters. The fraction of sp³-hybridized carbons (Fsp3) is 0.917. The third kappa shape index (κ3) is 3.00. The highest BCUT2D eigenvalue weighted by molar-refractivity contribution is 5.72. The number of nitrogens with one attached hydrogen (secondary N) is 2. The molecule has 3 fully saturated rings. The second kappa shape index (κ2) is 6.04. The van der Waals surface area contributed by atoms with E-state index in [9.17, 15) is 4.79 Å². The quantitative estimate of drug-likeness (QED) is 0.763. The molecule has 0 aromatic heterocycles. The van der Waals surface area contributed by atoms with Crippen LogP contribution in [-0.4, -0.2) is 65.6 Å². The van der Waals surface area contributed by atoms with Crippen molar-refractivity contribution in [2.75, 3.05) is 39.3 Å². The Hall–Kier alpha value is -0.890. The van der Waals surface area contributed by atoms with E-state index < -0.39 is 0 Å². The van der Waals surface area contributed by atoms with Gasteiger partial charge in [0.25, 0.3) is 0 Å². The van der Waals surface area contributed by atoms with E-state index in [0.717, 1.165) is 45.7 Å². The largest absolute Gasteiger partial charge is 0.362 e. The van der Waals surface area contributed by atoms with Crippen molar-refractivity contribution in [3.05, 3.63) is 0 Å². The van der Waals surface area contributed by atoms with Crippen LogP contribution >= 0.6 is 0 Å². The van der Waals surface area contributed by atoms with Gasteiger partial charge in [-0.15, -0.1) is 0 Å². The van der Waals surface area contributed by atoms with Crippen LogP contribution in [0.3, 0.4) is 0 Å². The number of carbonyl (C=O) groups is 1. The first-order chi connectivity index (χ1) is 9.34. The summed E-state index contributed by atoms with van der Waals surface area (Å²) in [6, 6.07) is -0.0294. The lowest BCUT2D eigenvalue weighted by Crippen LogP contribution is -2.61. The maximum atomic E-state index is 12.5. The third-order valence-electron chi connectivity index (χ3n) is 3.97. The van der Waals surface area contributed by atoms with Gasteiger partial charge >= 0.3 is 6.03 Å². The summed E-state index contributed by atoms with van der Waals surface area (Å²) in [4.78, 5) is 12.5. The van der Waals surface area contributed by atoms with E-state index in [0.29, 0.717) is 0 Å². The summed E-state index contributed by atoms with van der Waals surface area (Å²) in [5.74, 6) is 0. The number of amides is 2. The number of carbonyl (C=O) groups excluding carboxylic acids is 1. The van der Waals surface area contributed by atoms with E-state index in [1.807, 2.05) is 10.2 Å². The maximum absolute atomic E-state index is 12.5. The molecule has 0 saturated carbocycles. The Morgan fingerprint density at radius 1 is 0.895 bits per heavy atom. The molecule has 19 heavy (non-hydrogen) atoms. The monoisotopic (exact) mass is 268 g/mol. The fourth-order valence-electron chi connectivity index (χ4n) is 3.00. The van der Waals surface area contributed by atoms with Crippen molar-refractivity contribution < 1.29 is 4.79 Å². The summed E-state index contributed by atoms with van der Waals surface area (Å²) in [7, 11) is 0. The molecule has 2 amide bonds. The molecule has 0 atom stereocenters. The average Bonchev–Trinajstić information content (AvgIpc) is 3.11. The highest BCUT2D eigenvalue weighted by atomic mass is 16.2. The van der Waals surface area contributed by atoms with Gasteiger partial charge < -0.3 is 0 Å². The molecule has 0 spiro atoms. The molecule has 0 bridgehead atoms. The van der Waals surface area contributed by atoms with Crippen LogP contribution in [0.4, 0.5) is 4.79 Å². The first-order valence-corrected chi connectivity index (χ1v) is 7.46. The molecule has 3 saturated heterocycles. The molecule has 3 rings (SSSR count). The first-order valence-electron chi connectivity index (χ1n) is 7.46. The average molecular weight is 268 g/mol. The molecule has 7 heteroatoms. The highest BCUT2D eigenvalue weighted by Gasteiger charge is 2.32. The van der Waals surface area contributed by atoms with Crippen LogP contribution in [0.5, 0.6) is 0 Å². The molecule has 0 aliphatic carbocycles. The first kappa shape index (κ1) is 13.1. The van der Waals surface area contributed by atoms with Crippen LogP contribution in [0.15, 0.2) is 0 Å². The van der Waals surface area contributed by atoms with Gasteiger partial charge in [0, 0.05) is 39.3 Å². The summed E-state index contributed by atoms with van der Waals surface area (Å²) >= 11 is 0. The van der Waals surface area contributed by atoms with Crippen molar-refractivity contribution in [1.29, 1.82) is 0 Å². The molecule has 3 aliphatic rings. The van der Waals surface area contributed by atoms with Gasteiger partial charge in [-0.1, -0.05) is 0 Å². The smallest absolute Gasteiger partial charge is 0.255 e. The molecule has 0 aromatic carbocycles. The third-order valence-corrected chi connectivity index (χ3v) is 3.97. The van der Waals surface area contributed by atoms with Gasteiger partial charge in [-0.25, -0.2) is 20.2 Å². The molecule has 3 heterocycles. The lowest BCUT2D eigenvalue weighted by Gasteiger charge is -2.38. The van der Waals surface area contributed by atoms with Gasteiger partial charge in [0.1, 0.15) is 0 Å². The van der Waals surface area contributed by atoms with Crippen molar-refractivity contribution in [3.8, 4) is 0 Å². The molecule has 0 aromatic rings. The lowest BCUT2D eigenvalue weighted by atomic mass is 10.4. The number of nitrogens with zero attached hydrogens (tertiary/aromatic N) is 4. The van der Waals surface area contributed by atoms with E-state index in [4.69, 9.17) is 0 Å². The van der Waals surface area contributed by atoms with E-state index in [1.165, 1.54) is 25.7 Å². The Bertz CT molecular complexity index is 291. The number of hydrogen-bond donors (Lipinski definition) is 2. The number of hydrazine groups is 4. The molecule has 3 aliphatic heterocycles. The molecular formula is C12H24N6O. The predicted molar refractivity (Wildman–Crippen MR) is 71.3 cm³/mol. The molecule has 2 N–H and O–H groups in total. The van der Waals surface area contributed by atoms with Crippen molar-refractivity contribution in [2.24, 2.45) is 0 Å². The van der Waals surface area contributed by atoms with Crippen LogP contribution in [0.25, 0.3) is 0 Å². The number of rotatable bonds is 3. The summed E-state index contributed by atoms with van der Waals surface area (Å²) < 4.78 is 0. The van der Waals surface area contributed by atoms with Crippen molar-refractivity contribution >= 4 is 6.03 Å². The standard InChI is InChI=1S/C12H24N6O/c19-12(14-17-11-5-6-13-17)18(15-7-1-2-8-15)16-9-3-4-10-16/h13H,1-11H2,(H,14,19). The Labute approximate surface area is 114 Å². The Morgan fingerprint density at radius 3 is 1.95 bits per heavy atom. The second-order valence-electron chi connectivity index (χ2n) is 5.44. The topological polar surface area (TPSA) is 54.1 Å². The minimum atomic E-state index is -0.0294. The zero-order valence-electron chi connectivity index (χ0n) is 11.5. The zero-order valence-corrected chi connectivity index (χ0v) is 11.5. The van der Waals surface area contributed by atoms with Crippen LogP contribution < -0.4 is 10.9 Å². The molecule has 0 radical (unpaired) electrons. The number of hydrogen-bond acceptors (Lipinski definition) is 5. The fourth-order valence-corrected chi connectivity index (χ4v) is 3.00. The Balaban J connectivity index is 1.64. The second-order valence-corrected chi connectivity index (χ2v) is 5.44. The van der Waals surface area contributed by atoms with Crippen molar-refractivity contribution in [2.45, 2.75) is 32.1 Å². The van der Waals surface area contributed by atoms with Crippen LogP contribution in [0.1, 0.15) is 32.1 Å². The summed E-state index contributed by atoms with van der Waals surface area (Å²) in [6.07, 6.45) is 5.80. The van der Waals surface area contributed by atoms with Gasteiger partial charge in [0.05, 0.1) is 0 Å². The minimum absolute atomic E-state index is 0.0294. The lowest BCUT2D eigenvalue weighted by molar-refractivity contribution is -0.124. The minimum Gasteiger partial charge on any atom is -0.255 e. The SMILES string of the molecule is O=C(NN1CCCN1)N(N1CCCC1)N1CCCC1. The van der Waals surface area contributed by atoms with Gasteiger partial charge in [0.15, 0.2) is 0 Å². The van der Waals surface area contributed by atoms with Crippen LogP contribution in [0, 0.1) is 0 Å². The van der Waals surface area contributed by atoms with E-state index >= 15 is 0 Å². The summed E-state index contributed by atoms with van der Waals surface area (Å²) in [5.41, 5.74) is 6.12. The number of urea groups is 1. The van der Waals surface area contributed by atoms with E-state index in [2.05, 4.69) is 20.9 Å². The molecular weight excluding hydrogens is 244 g/mol. The van der Waals surface area contributed by atoms with Crippen molar-refractivity contribution in [3.63, 3.8) is 0 Å². The Morgan fingerprint density at radius 2 is 1.47 bits per heavy atom.